The fourth-order valence-corrected chi connectivity index (χ4v) is 2.28. The molecule has 0 saturated carbocycles. The largest absolute Gasteiger partial charge is 0.382 e. The maximum absolute atomic E-state index is 5.47. The fourth-order valence-electron chi connectivity index (χ4n) is 1.84. The lowest BCUT2D eigenvalue weighted by molar-refractivity contribution is -0.0153. The molecule has 0 radical (unpaired) electrons. The van der Waals surface area contributed by atoms with Crippen LogP contribution in [0.1, 0.15) is 27.2 Å². The molecule has 0 aliphatic carbocycles. The summed E-state index contributed by atoms with van der Waals surface area (Å²) >= 11 is 5.42. The Morgan fingerprint density at radius 2 is 2.29 bits per heavy atom. The molecular formula is C12H24N2O2S. The van der Waals surface area contributed by atoms with Gasteiger partial charge in [0.15, 0.2) is 5.11 Å². The topological polar surface area (TPSA) is 33.7 Å². The maximum Gasteiger partial charge on any atom is 0.169 e. The van der Waals surface area contributed by atoms with Crippen LogP contribution in [-0.2, 0) is 9.47 Å². The van der Waals surface area contributed by atoms with Gasteiger partial charge in [0.1, 0.15) is 0 Å². The first-order chi connectivity index (χ1) is 8.08. The highest BCUT2D eigenvalue weighted by atomic mass is 32.1. The van der Waals surface area contributed by atoms with Gasteiger partial charge in [0.05, 0.1) is 18.8 Å². The summed E-state index contributed by atoms with van der Waals surface area (Å²) in [6, 6.07) is 0. The molecule has 0 aromatic heterocycles. The number of morpholine rings is 1. The van der Waals surface area contributed by atoms with E-state index >= 15 is 0 Å². The summed E-state index contributed by atoms with van der Waals surface area (Å²) in [7, 11) is 0. The SMILES string of the molecule is CCOCCCNC(=S)N1CCOCC1(C)C. The second-order valence-electron chi connectivity index (χ2n) is 4.80. The molecule has 4 nitrogen and oxygen atoms in total. The van der Waals surface area contributed by atoms with Crippen molar-refractivity contribution in [1.82, 2.24) is 10.2 Å². The Kier molecular flexibility index (Phi) is 6.16. The van der Waals surface area contributed by atoms with Crippen LogP contribution in [-0.4, -0.2) is 55.1 Å². The van der Waals surface area contributed by atoms with Gasteiger partial charge in [0.2, 0.25) is 0 Å². The zero-order valence-electron chi connectivity index (χ0n) is 11.1. The third kappa shape index (κ3) is 4.77. The predicted octanol–water partition coefficient (Wildman–Crippen LogP) is 1.40. The van der Waals surface area contributed by atoms with Crippen LogP contribution < -0.4 is 5.32 Å². The van der Waals surface area contributed by atoms with Crippen molar-refractivity contribution in [1.29, 1.82) is 0 Å². The number of nitrogens with zero attached hydrogens (tertiary/aromatic N) is 1. The van der Waals surface area contributed by atoms with Crippen molar-refractivity contribution >= 4 is 17.3 Å². The summed E-state index contributed by atoms with van der Waals surface area (Å²) in [5.74, 6) is 0. The Bertz CT molecular complexity index is 247. The second kappa shape index (κ2) is 7.13. The first-order valence-electron chi connectivity index (χ1n) is 6.29. The summed E-state index contributed by atoms with van der Waals surface area (Å²) in [6.07, 6.45) is 0.985. The molecule has 1 aliphatic heterocycles. The van der Waals surface area contributed by atoms with Crippen LogP contribution >= 0.6 is 12.2 Å². The van der Waals surface area contributed by atoms with Crippen LogP contribution in [0.15, 0.2) is 0 Å². The molecule has 1 fully saturated rings. The molecule has 0 bridgehead atoms. The molecule has 1 heterocycles. The van der Waals surface area contributed by atoms with Gasteiger partial charge in [-0.2, -0.15) is 0 Å². The van der Waals surface area contributed by atoms with Gasteiger partial charge < -0.3 is 19.7 Å². The summed E-state index contributed by atoms with van der Waals surface area (Å²) in [5, 5.41) is 4.12. The average molecular weight is 260 g/mol. The number of hydrogen-bond donors (Lipinski definition) is 1. The van der Waals surface area contributed by atoms with E-state index in [2.05, 4.69) is 24.1 Å². The fraction of sp³-hybridized carbons (Fsp3) is 0.917. The number of ether oxygens (including phenoxy) is 2. The first kappa shape index (κ1) is 14.7. The summed E-state index contributed by atoms with van der Waals surface area (Å²) in [6.45, 7) is 11.1. The van der Waals surface area contributed by atoms with Gasteiger partial charge in [-0.1, -0.05) is 0 Å². The molecule has 17 heavy (non-hydrogen) atoms. The maximum atomic E-state index is 5.47. The van der Waals surface area contributed by atoms with Gasteiger partial charge in [-0.15, -0.1) is 0 Å². The summed E-state index contributed by atoms with van der Waals surface area (Å²) in [5.41, 5.74) is -0.0117. The summed E-state index contributed by atoms with van der Waals surface area (Å²) in [4.78, 5) is 2.21. The Morgan fingerprint density at radius 1 is 1.53 bits per heavy atom. The molecule has 1 rings (SSSR count). The normalized spacial score (nSPS) is 19.1. The van der Waals surface area contributed by atoms with Crippen molar-refractivity contribution in [3.05, 3.63) is 0 Å². The third-order valence-electron chi connectivity index (χ3n) is 2.84. The number of thiocarbonyl (C=S) groups is 1. The van der Waals surface area contributed by atoms with E-state index in [4.69, 9.17) is 21.7 Å². The third-order valence-corrected chi connectivity index (χ3v) is 3.20. The lowest BCUT2D eigenvalue weighted by Crippen LogP contribution is -2.58. The first-order valence-corrected chi connectivity index (χ1v) is 6.69. The van der Waals surface area contributed by atoms with E-state index < -0.39 is 0 Å². The van der Waals surface area contributed by atoms with Gasteiger partial charge in [-0.05, 0) is 39.4 Å². The van der Waals surface area contributed by atoms with Gasteiger partial charge in [0, 0.05) is 26.3 Å². The van der Waals surface area contributed by atoms with Crippen LogP contribution in [0.5, 0.6) is 0 Å². The predicted molar refractivity (Wildman–Crippen MR) is 73.3 cm³/mol. The Morgan fingerprint density at radius 3 is 2.94 bits per heavy atom. The van der Waals surface area contributed by atoms with Crippen molar-refractivity contribution < 1.29 is 9.47 Å². The molecule has 1 N–H and O–H groups in total. The monoisotopic (exact) mass is 260 g/mol. The Labute approximate surface area is 110 Å². The quantitative estimate of drug-likeness (QED) is 0.597. The molecule has 0 unspecified atom stereocenters. The van der Waals surface area contributed by atoms with E-state index in [9.17, 15) is 0 Å². The van der Waals surface area contributed by atoms with Gasteiger partial charge in [-0.3, -0.25) is 0 Å². The van der Waals surface area contributed by atoms with Crippen molar-refractivity contribution in [2.75, 3.05) is 39.5 Å². The standard InChI is InChI=1S/C12H24N2O2S/c1-4-15-8-5-6-13-11(17)14-7-9-16-10-12(14,2)3/h4-10H2,1-3H3,(H,13,17). The van der Waals surface area contributed by atoms with Gasteiger partial charge >= 0.3 is 0 Å². The highest BCUT2D eigenvalue weighted by molar-refractivity contribution is 7.80. The minimum atomic E-state index is -0.0117. The molecule has 100 valence electrons. The van der Waals surface area contributed by atoms with E-state index in [1.54, 1.807) is 0 Å². The molecule has 1 saturated heterocycles. The van der Waals surface area contributed by atoms with E-state index in [1.165, 1.54) is 0 Å². The van der Waals surface area contributed by atoms with Crippen molar-refractivity contribution in [3.63, 3.8) is 0 Å². The van der Waals surface area contributed by atoms with Crippen LogP contribution in [0.4, 0.5) is 0 Å². The van der Waals surface area contributed by atoms with Crippen LogP contribution in [0.2, 0.25) is 0 Å². The van der Waals surface area contributed by atoms with Crippen LogP contribution in [0, 0.1) is 0 Å². The zero-order chi connectivity index (χ0) is 12.7. The molecule has 0 amide bonds. The van der Waals surface area contributed by atoms with Crippen molar-refractivity contribution in [3.8, 4) is 0 Å². The average Bonchev–Trinajstić information content (AvgIpc) is 2.28. The van der Waals surface area contributed by atoms with Gasteiger partial charge in [0.25, 0.3) is 0 Å². The minimum absolute atomic E-state index is 0.0117. The zero-order valence-corrected chi connectivity index (χ0v) is 11.9. The van der Waals surface area contributed by atoms with E-state index in [0.29, 0.717) is 0 Å². The van der Waals surface area contributed by atoms with E-state index in [-0.39, 0.29) is 5.54 Å². The van der Waals surface area contributed by atoms with E-state index in [0.717, 1.165) is 51.1 Å². The molecule has 0 atom stereocenters. The molecule has 0 aromatic rings. The highest BCUT2D eigenvalue weighted by Gasteiger charge is 2.31. The Hall–Kier alpha value is -0.390. The smallest absolute Gasteiger partial charge is 0.169 e. The Balaban J connectivity index is 2.26. The molecule has 0 aromatic carbocycles. The highest BCUT2D eigenvalue weighted by Crippen LogP contribution is 2.18. The van der Waals surface area contributed by atoms with E-state index in [1.807, 2.05) is 6.92 Å². The molecule has 0 spiro atoms. The number of hydrogen-bond acceptors (Lipinski definition) is 3. The second-order valence-corrected chi connectivity index (χ2v) is 5.19. The molecule has 1 aliphatic rings. The van der Waals surface area contributed by atoms with Crippen LogP contribution in [0.3, 0.4) is 0 Å². The lowest BCUT2D eigenvalue weighted by atomic mass is 10.0. The number of nitrogens with one attached hydrogen (secondary N) is 1. The van der Waals surface area contributed by atoms with Crippen molar-refractivity contribution in [2.24, 2.45) is 0 Å². The minimum Gasteiger partial charge on any atom is -0.382 e. The summed E-state index contributed by atoms with van der Waals surface area (Å²) < 4.78 is 10.8. The van der Waals surface area contributed by atoms with Crippen molar-refractivity contribution in [2.45, 2.75) is 32.7 Å². The van der Waals surface area contributed by atoms with Gasteiger partial charge in [-0.25, -0.2) is 0 Å². The molecular weight excluding hydrogens is 236 g/mol. The number of rotatable bonds is 5. The molecule has 5 heteroatoms. The lowest BCUT2D eigenvalue weighted by Gasteiger charge is -2.43. The van der Waals surface area contributed by atoms with Crippen LogP contribution in [0.25, 0.3) is 0 Å².